The molecule has 0 aromatic heterocycles. The molecule has 1 fully saturated rings. The Morgan fingerprint density at radius 1 is 1.47 bits per heavy atom. The van der Waals surface area contributed by atoms with E-state index in [9.17, 15) is 9.59 Å². The van der Waals surface area contributed by atoms with E-state index in [2.05, 4.69) is 0 Å². The minimum absolute atomic E-state index is 0. The predicted molar refractivity (Wildman–Crippen MR) is 51.7 cm³/mol. The molecule has 80 valence electrons. The number of nitrogens with zero attached hydrogens (tertiary/aromatic N) is 1. The zero-order valence-electron chi connectivity index (χ0n) is 9.87. The van der Waals surface area contributed by atoms with Crippen LogP contribution in [0.1, 0.15) is 27.2 Å². The van der Waals surface area contributed by atoms with Crippen LogP contribution >= 0.6 is 0 Å². The number of hydrogen-bond donors (Lipinski definition) is 0. The first-order chi connectivity index (χ1) is 6.38. The second-order valence-corrected chi connectivity index (χ2v) is 4.35. The number of rotatable bonds is 0. The number of likely N-dealkylation sites (tertiary alicyclic amines) is 1. The van der Waals surface area contributed by atoms with Crippen molar-refractivity contribution in [3.63, 3.8) is 0 Å². The van der Waals surface area contributed by atoms with Crippen LogP contribution in [0.5, 0.6) is 0 Å². The molecule has 1 aliphatic heterocycles. The Kier molecular flexibility index (Phi) is 5.70. The zero-order valence-corrected chi connectivity index (χ0v) is 11.9. The minimum Gasteiger partial charge on any atom is -0.444 e. The predicted octanol–water partition coefficient (Wildman–Crippen LogP) is -1.60. The molecule has 0 unspecified atom stereocenters. The number of amides is 1. The van der Waals surface area contributed by atoms with Crippen LogP contribution in [0, 0.1) is 6.42 Å². The molecule has 1 heterocycles. The van der Waals surface area contributed by atoms with E-state index < -0.39 is 5.60 Å². The van der Waals surface area contributed by atoms with Crippen LogP contribution in [0.4, 0.5) is 4.79 Å². The number of Topliss-reactive ketones (excluding diaryl/α,β-unsaturated/α-hetero) is 1. The Balaban J connectivity index is 0.00000196. The topological polar surface area (TPSA) is 46.6 Å². The van der Waals surface area contributed by atoms with Gasteiger partial charge in [-0.1, -0.05) is 6.54 Å². The van der Waals surface area contributed by atoms with Crippen LogP contribution in [0.15, 0.2) is 0 Å². The molecular weight excluding hydrogens is 205 g/mol. The molecule has 1 saturated heterocycles. The second-order valence-electron chi connectivity index (χ2n) is 4.35. The van der Waals surface area contributed by atoms with Gasteiger partial charge in [0.15, 0.2) is 0 Å². The Morgan fingerprint density at radius 2 is 2.07 bits per heavy atom. The molecule has 0 radical (unpaired) electrons. The quantitative estimate of drug-likeness (QED) is 0.366. The van der Waals surface area contributed by atoms with Gasteiger partial charge in [-0.2, -0.15) is 0 Å². The first-order valence-electron chi connectivity index (χ1n) is 4.72. The van der Waals surface area contributed by atoms with Gasteiger partial charge in [-0.05, 0) is 27.2 Å². The first kappa shape index (κ1) is 14.8. The molecule has 0 N–H and O–H groups in total. The summed E-state index contributed by atoms with van der Waals surface area (Å²) in [6, 6.07) is 0. The third-order valence-corrected chi connectivity index (χ3v) is 1.82. The molecule has 0 aromatic carbocycles. The molecule has 0 atom stereocenters. The fraction of sp³-hybridized carbons (Fsp3) is 0.700. The Morgan fingerprint density at radius 3 is 2.47 bits per heavy atom. The fourth-order valence-corrected chi connectivity index (χ4v) is 1.14. The van der Waals surface area contributed by atoms with Crippen molar-refractivity contribution in [3.05, 3.63) is 6.42 Å². The van der Waals surface area contributed by atoms with Gasteiger partial charge in [0, 0.05) is 12.3 Å². The largest absolute Gasteiger partial charge is 1.00 e. The van der Waals surface area contributed by atoms with E-state index >= 15 is 0 Å². The number of piperidine rings is 1. The van der Waals surface area contributed by atoms with Crippen LogP contribution in [-0.4, -0.2) is 35.5 Å². The molecule has 1 amide bonds. The molecule has 4 nitrogen and oxygen atoms in total. The molecule has 0 spiro atoms. The summed E-state index contributed by atoms with van der Waals surface area (Å²) in [7, 11) is 0. The number of hydrogen-bond acceptors (Lipinski definition) is 3. The maximum absolute atomic E-state index is 11.5. The summed E-state index contributed by atoms with van der Waals surface area (Å²) in [5.41, 5.74) is -0.474. The zero-order chi connectivity index (χ0) is 10.8. The Hall–Kier alpha value is -0.190. The van der Waals surface area contributed by atoms with E-state index in [0.29, 0.717) is 19.5 Å². The number of ether oxygens (including phenoxy) is 1. The van der Waals surface area contributed by atoms with E-state index in [4.69, 9.17) is 4.74 Å². The summed E-state index contributed by atoms with van der Waals surface area (Å²) in [6.07, 6.45) is 1.58. The van der Waals surface area contributed by atoms with E-state index in [1.807, 2.05) is 20.8 Å². The standard InChI is InChI=1S/C10H16NO3.Na/c1-10(2,3)14-9(13)11-6-4-8(12)5-7-11;/h4H,5-7H2,1-3H3;/q-1;+1. The minimum atomic E-state index is -0.474. The van der Waals surface area contributed by atoms with Crippen molar-refractivity contribution in [3.8, 4) is 0 Å². The van der Waals surface area contributed by atoms with E-state index in [1.54, 1.807) is 0 Å². The number of carbonyl (C=O) groups excluding carboxylic acids is 2. The monoisotopic (exact) mass is 221 g/mol. The van der Waals surface area contributed by atoms with Gasteiger partial charge in [-0.15, -0.1) is 0 Å². The van der Waals surface area contributed by atoms with Crippen molar-refractivity contribution < 1.29 is 43.9 Å². The van der Waals surface area contributed by atoms with E-state index in [0.717, 1.165) is 0 Å². The summed E-state index contributed by atoms with van der Waals surface area (Å²) in [6.45, 7) is 6.30. The molecule has 0 bridgehead atoms. The molecule has 0 saturated carbocycles. The van der Waals surface area contributed by atoms with E-state index in [-0.39, 0.29) is 41.4 Å². The van der Waals surface area contributed by atoms with Gasteiger partial charge in [0.2, 0.25) is 0 Å². The third-order valence-electron chi connectivity index (χ3n) is 1.82. The van der Waals surface area contributed by atoms with Gasteiger partial charge in [0.25, 0.3) is 0 Å². The summed E-state index contributed by atoms with van der Waals surface area (Å²) in [5, 5.41) is 0. The van der Waals surface area contributed by atoms with Crippen molar-refractivity contribution >= 4 is 11.9 Å². The Labute approximate surface area is 113 Å². The molecular formula is C10H16NNaO3. The Bertz CT molecular complexity index is 238. The smallest absolute Gasteiger partial charge is 0.444 e. The second kappa shape index (κ2) is 5.77. The number of ketones is 1. The first-order valence-corrected chi connectivity index (χ1v) is 4.72. The van der Waals surface area contributed by atoms with Crippen LogP contribution in [0.3, 0.4) is 0 Å². The normalized spacial score (nSPS) is 16.5. The summed E-state index contributed by atoms with van der Waals surface area (Å²) in [4.78, 5) is 23.9. The van der Waals surface area contributed by atoms with Crippen molar-refractivity contribution in [2.24, 2.45) is 0 Å². The van der Waals surface area contributed by atoms with Gasteiger partial charge in [0.05, 0.1) is 0 Å². The van der Waals surface area contributed by atoms with Crippen LogP contribution < -0.4 is 29.6 Å². The summed E-state index contributed by atoms with van der Waals surface area (Å²) >= 11 is 0. The van der Waals surface area contributed by atoms with Crippen molar-refractivity contribution in [2.75, 3.05) is 13.1 Å². The van der Waals surface area contributed by atoms with Crippen molar-refractivity contribution in [2.45, 2.75) is 32.8 Å². The fourth-order valence-electron chi connectivity index (χ4n) is 1.14. The summed E-state index contributed by atoms with van der Waals surface area (Å²) in [5.74, 6) is 0.102. The average Bonchev–Trinajstić information content (AvgIpc) is 2.02. The van der Waals surface area contributed by atoms with Gasteiger partial charge < -0.3 is 20.9 Å². The van der Waals surface area contributed by atoms with Gasteiger partial charge in [0.1, 0.15) is 5.60 Å². The van der Waals surface area contributed by atoms with Gasteiger partial charge >= 0.3 is 35.7 Å². The molecule has 0 aromatic rings. The van der Waals surface area contributed by atoms with Gasteiger partial charge in [-0.3, -0.25) is 0 Å². The molecule has 1 aliphatic rings. The van der Waals surface area contributed by atoms with Crippen LogP contribution in [-0.2, 0) is 9.53 Å². The maximum Gasteiger partial charge on any atom is 1.00 e. The molecule has 15 heavy (non-hydrogen) atoms. The molecule has 1 rings (SSSR count). The van der Waals surface area contributed by atoms with Crippen molar-refractivity contribution in [1.29, 1.82) is 0 Å². The molecule has 5 heteroatoms. The number of carbonyl (C=O) groups is 2. The average molecular weight is 221 g/mol. The van der Waals surface area contributed by atoms with Gasteiger partial charge in [-0.25, -0.2) is 4.79 Å². The van der Waals surface area contributed by atoms with Crippen LogP contribution in [0.2, 0.25) is 0 Å². The SMILES string of the molecule is CC(C)(C)OC(=O)N1C[CH-]C(=O)CC1.[Na+]. The third kappa shape index (κ3) is 5.44. The van der Waals surface area contributed by atoms with Crippen molar-refractivity contribution in [1.82, 2.24) is 4.90 Å². The maximum atomic E-state index is 11.5. The van der Waals surface area contributed by atoms with E-state index in [1.165, 1.54) is 11.3 Å². The van der Waals surface area contributed by atoms with Crippen LogP contribution in [0.25, 0.3) is 0 Å². The summed E-state index contributed by atoms with van der Waals surface area (Å²) < 4.78 is 5.17. The molecule has 0 aliphatic carbocycles.